The highest BCUT2D eigenvalue weighted by molar-refractivity contribution is 6.33. The lowest BCUT2D eigenvalue weighted by Gasteiger charge is -2.15. The summed E-state index contributed by atoms with van der Waals surface area (Å²) in [4.78, 5) is 12.1. The number of nitrogens with zero attached hydrogens (tertiary/aromatic N) is 1. The second-order valence-electron chi connectivity index (χ2n) is 4.73. The van der Waals surface area contributed by atoms with Crippen molar-refractivity contribution in [3.8, 4) is 28.8 Å². The van der Waals surface area contributed by atoms with Gasteiger partial charge in [-0.3, -0.25) is 4.79 Å². The van der Waals surface area contributed by atoms with E-state index in [1.807, 2.05) is 0 Å². The van der Waals surface area contributed by atoms with Crippen molar-refractivity contribution in [2.45, 2.75) is 19.9 Å². The molecule has 0 saturated heterocycles. The number of benzene rings is 1. The van der Waals surface area contributed by atoms with Crippen LogP contribution >= 0.6 is 23.2 Å². The van der Waals surface area contributed by atoms with E-state index in [0.29, 0.717) is 11.3 Å². The molecule has 0 unspecified atom stereocenters. The van der Waals surface area contributed by atoms with Gasteiger partial charge < -0.3 is 9.30 Å². The van der Waals surface area contributed by atoms with Crippen LogP contribution in [-0.4, -0.2) is 17.6 Å². The topological polar surface area (TPSA) is 31.2 Å². The molecule has 0 radical (unpaired) electrons. The highest BCUT2D eigenvalue weighted by Gasteiger charge is 2.16. The summed E-state index contributed by atoms with van der Waals surface area (Å²) in [5.41, 5.74) is -0.00121. The minimum Gasteiger partial charge on any atom is -0.481 e. The van der Waals surface area contributed by atoms with Gasteiger partial charge in [0.25, 0.3) is 12.0 Å². The van der Waals surface area contributed by atoms with Crippen LogP contribution in [0.1, 0.15) is 6.92 Å². The summed E-state index contributed by atoms with van der Waals surface area (Å²) in [5, 5.41) is 0.135. The Hall–Kier alpha value is -2.03. The van der Waals surface area contributed by atoms with Crippen molar-refractivity contribution in [3.05, 3.63) is 50.7 Å². The number of rotatable bonds is 5. The van der Waals surface area contributed by atoms with Gasteiger partial charge in [-0.25, -0.2) is 8.78 Å². The maximum absolute atomic E-state index is 12.8. The molecular weight excluding hydrogens is 359 g/mol. The summed E-state index contributed by atoms with van der Waals surface area (Å²) in [7, 11) is 0. The zero-order valence-corrected chi connectivity index (χ0v) is 14.2. The van der Waals surface area contributed by atoms with Crippen LogP contribution in [0, 0.1) is 11.8 Å². The molecule has 0 spiro atoms. The predicted molar refractivity (Wildman–Crippen MR) is 91.1 cm³/mol. The van der Waals surface area contributed by atoms with Gasteiger partial charge in [-0.1, -0.05) is 29.1 Å². The molecule has 1 aromatic heterocycles. The zero-order chi connectivity index (χ0) is 17.7. The molecule has 0 atom stereocenters. The lowest BCUT2D eigenvalue weighted by molar-refractivity contribution is 0.126. The fourth-order valence-corrected chi connectivity index (χ4v) is 2.52. The quantitative estimate of drug-likeness (QED) is 0.725. The number of pyridine rings is 1. The molecule has 0 amide bonds. The smallest absolute Gasteiger partial charge is 0.269 e. The van der Waals surface area contributed by atoms with Gasteiger partial charge in [0.1, 0.15) is 17.4 Å². The van der Waals surface area contributed by atoms with Crippen LogP contribution in [0.2, 0.25) is 10.0 Å². The molecule has 1 heterocycles. The number of hydrogen-bond acceptors (Lipinski definition) is 2. The van der Waals surface area contributed by atoms with Crippen LogP contribution in [0.5, 0.6) is 5.75 Å². The molecule has 0 aliphatic carbocycles. The molecule has 7 heteroatoms. The summed E-state index contributed by atoms with van der Waals surface area (Å²) in [6.07, 6.45) is -2.70. The second kappa shape index (κ2) is 8.18. The Bertz CT molecular complexity index is 854. The van der Waals surface area contributed by atoms with Crippen molar-refractivity contribution in [1.29, 1.82) is 0 Å². The monoisotopic (exact) mass is 371 g/mol. The Morgan fingerprint density at radius 2 is 1.96 bits per heavy atom. The van der Waals surface area contributed by atoms with Crippen LogP contribution < -0.4 is 10.3 Å². The fraction of sp³-hybridized carbons (Fsp3) is 0.235. The summed E-state index contributed by atoms with van der Waals surface area (Å²) in [5.74, 6) is 5.93. The molecule has 2 rings (SSSR count). The number of ether oxygens (including phenoxy) is 1. The molecule has 0 aliphatic heterocycles. The third-order valence-corrected chi connectivity index (χ3v) is 3.75. The van der Waals surface area contributed by atoms with Gasteiger partial charge in [-0.05, 0) is 37.3 Å². The first-order chi connectivity index (χ1) is 11.4. The Morgan fingerprint density at radius 1 is 1.21 bits per heavy atom. The van der Waals surface area contributed by atoms with E-state index in [2.05, 4.69) is 11.8 Å². The average molecular weight is 372 g/mol. The lowest BCUT2D eigenvalue weighted by Crippen LogP contribution is -2.25. The lowest BCUT2D eigenvalue weighted by atomic mass is 10.1. The molecule has 0 aliphatic rings. The van der Waals surface area contributed by atoms with Crippen molar-refractivity contribution in [3.63, 3.8) is 0 Å². The second-order valence-corrected chi connectivity index (χ2v) is 5.54. The van der Waals surface area contributed by atoms with Gasteiger partial charge in [0.05, 0.1) is 17.3 Å². The summed E-state index contributed by atoms with van der Waals surface area (Å²) in [6.45, 7) is 1.14. The molecule has 2 aromatic rings. The first-order valence-corrected chi connectivity index (χ1v) is 7.69. The highest BCUT2D eigenvalue weighted by atomic mass is 35.5. The minimum atomic E-state index is -2.70. The van der Waals surface area contributed by atoms with Crippen LogP contribution in [-0.2, 0) is 6.54 Å². The molecule has 3 nitrogen and oxygen atoms in total. The summed E-state index contributed by atoms with van der Waals surface area (Å²) < 4.78 is 31.9. The van der Waals surface area contributed by atoms with Crippen molar-refractivity contribution < 1.29 is 13.5 Å². The number of halogens is 4. The van der Waals surface area contributed by atoms with Crippen LogP contribution in [0.25, 0.3) is 11.3 Å². The van der Waals surface area contributed by atoms with Crippen molar-refractivity contribution in [2.75, 3.05) is 6.61 Å². The van der Waals surface area contributed by atoms with Crippen LogP contribution in [0.4, 0.5) is 8.78 Å². The zero-order valence-electron chi connectivity index (χ0n) is 12.7. The number of aromatic nitrogens is 1. The van der Waals surface area contributed by atoms with E-state index >= 15 is 0 Å². The number of alkyl halides is 2. The molecule has 1 aromatic carbocycles. The van der Waals surface area contributed by atoms with Crippen LogP contribution in [0.15, 0.2) is 35.1 Å². The Balaban J connectivity index is 2.46. The largest absolute Gasteiger partial charge is 0.481 e. The van der Waals surface area contributed by atoms with E-state index in [9.17, 15) is 13.6 Å². The molecule has 24 heavy (non-hydrogen) atoms. The maximum Gasteiger partial charge on any atom is 0.269 e. The molecule has 0 saturated carbocycles. The Morgan fingerprint density at radius 3 is 2.58 bits per heavy atom. The molecule has 0 bridgehead atoms. The number of hydrogen-bond donors (Lipinski definition) is 0. The van der Waals surface area contributed by atoms with E-state index in [4.69, 9.17) is 27.9 Å². The van der Waals surface area contributed by atoms with Gasteiger partial charge in [-0.2, -0.15) is 0 Å². The Labute approximate surface area is 147 Å². The molecule has 0 N–H and O–H groups in total. The standard InChI is InChI=1S/C17H13Cl2F2NO2/c1-2-3-8-24-11-4-5-12(14(19)9-11)15-7-6-13(18)17(23)22(15)10-16(20)21/h4-7,9,16H,8,10H2,1H3. The van der Waals surface area contributed by atoms with E-state index < -0.39 is 18.5 Å². The first kappa shape index (κ1) is 18.3. The predicted octanol–water partition coefficient (Wildman–Crippen LogP) is 4.49. The fourth-order valence-electron chi connectivity index (χ4n) is 2.09. The van der Waals surface area contributed by atoms with Gasteiger partial charge in [0.2, 0.25) is 0 Å². The van der Waals surface area contributed by atoms with Crippen molar-refractivity contribution in [1.82, 2.24) is 4.57 Å². The van der Waals surface area contributed by atoms with E-state index in [1.54, 1.807) is 25.1 Å². The van der Waals surface area contributed by atoms with Gasteiger partial charge in [0, 0.05) is 5.56 Å². The third-order valence-electron chi connectivity index (χ3n) is 3.15. The Kier molecular flexibility index (Phi) is 6.24. The molecule has 126 valence electrons. The average Bonchev–Trinajstić information content (AvgIpc) is 2.53. The van der Waals surface area contributed by atoms with Gasteiger partial charge in [0.15, 0.2) is 0 Å². The van der Waals surface area contributed by atoms with Gasteiger partial charge in [-0.15, -0.1) is 5.92 Å². The normalized spacial score (nSPS) is 10.4. The van der Waals surface area contributed by atoms with E-state index in [1.165, 1.54) is 12.1 Å². The maximum atomic E-state index is 12.8. The van der Waals surface area contributed by atoms with Crippen molar-refractivity contribution >= 4 is 23.2 Å². The SMILES string of the molecule is CC#CCOc1ccc(-c2ccc(Cl)c(=O)n2CC(F)F)c(Cl)c1. The third kappa shape index (κ3) is 4.28. The molecule has 0 fully saturated rings. The van der Waals surface area contributed by atoms with E-state index in [-0.39, 0.29) is 22.3 Å². The summed E-state index contributed by atoms with van der Waals surface area (Å²) >= 11 is 12.0. The summed E-state index contributed by atoms with van der Waals surface area (Å²) in [6, 6.07) is 7.61. The first-order valence-electron chi connectivity index (χ1n) is 6.94. The van der Waals surface area contributed by atoms with Crippen molar-refractivity contribution in [2.24, 2.45) is 0 Å². The van der Waals surface area contributed by atoms with E-state index in [0.717, 1.165) is 4.57 Å². The minimum absolute atomic E-state index is 0.131. The van der Waals surface area contributed by atoms with Gasteiger partial charge >= 0.3 is 0 Å². The highest BCUT2D eigenvalue weighted by Crippen LogP contribution is 2.31. The van der Waals surface area contributed by atoms with Crippen LogP contribution in [0.3, 0.4) is 0 Å². The molecular formula is C17H13Cl2F2NO2.